The summed E-state index contributed by atoms with van der Waals surface area (Å²) in [5.74, 6) is 1.01. The molecule has 0 radical (unpaired) electrons. The first-order valence-electron chi connectivity index (χ1n) is 5.82. The zero-order valence-electron chi connectivity index (χ0n) is 9.24. The van der Waals surface area contributed by atoms with Crippen LogP contribution in [0.4, 0.5) is 0 Å². The van der Waals surface area contributed by atoms with E-state index in [1.807, 2.05) is 12.3 Å². The highest BCUT2D eigenvalue weighted by atomic mass is 15.1. The molecule has 0 aliphatic carbocycles. The zero-order chi connectivity index (χ0) is 11.0. The highest BCUT2D eigenvalue weighted by molar-refractivity contribution is 5.58. The number of imidazole rings is 1. The second-order valence-corrected chi connectivity index (χ2v) is 4.22. The lowest BCUT2D eigenvalue weighted by atomic mass is 10.1. The van der Waals surface area contributed by atoms with E-state index in [0.717, 1.165) is 30.2 Å². The maximum Gasteiger partial charge on any atom is 0.123 e. The van der Waals surface area contributed by atoms with Crippen LogP contribution >= 0.6 is 0 Å². The molecule has 3 rings (SSSR count). The van der Waals surface area contributed by atoms with Crippen molar-refractivity contribution in [3.05, 3.63) is 29.8 Å². The Morgan fingerprint density at radius 1 is 1.44 bits per heavy atom. The third-order valence-corrected chi connectivity index (χ3v) is 3.23. The van der Waals surface area contributed by atoms with Gasteiger partial charge in [-0.2, -0.15) is 0 Å². The van der Waals surface area contributed by atoms with Gasteiger partial charge in [0.15, 0.2) is 0 Å². The number of hydrogen-bond donors (Lipinski definition) is 2. The fourth-order valence-electron chi connectivity index (χ4n) is 2.47. The van der Waals surface area contributed by atoms with Crippen LogP contribution in [0.15, 0.2) is 18.3 Å². The molecule has 0 spiro atoms. The Morgan fingerprint density at radius 2 is 2.38 bits per heavy atom. The quantitative estimate of drug-likeness (QED) is 0.802. The highest BCUT2D eigenvalue weighted by Gasteiger charge is 2.20. The lowest BCUT2D eigenvalue weighted by molar-refractivity contribution is 0.515. The van der Waals surface area contributed by atoms with Crippen molar-refractivity contribution in [1.29, 1.82) is 0 Å². The molecule has 0 fully saturated rings. The molecule has 3 heterocycles. The predicted octanol–water partition coefficient (Wildman–Crippen LogP) is 1.67. The smallest absolute Gasteiger partial charge is 0.123 e. The van der Waals surface area contributed by atoms with E-state index in [2.05, 4.69) is 20.6 Å². The van der Waals surface area contributed by atoms with Gasteiger partial charge in [-0.05, 0) is 31.4 Å². The van der Waals surface area contributed by atoms with Gasteiger partial charge in [-0.3, -0.25) is 0 Å². The van der Waals surface area contributed by atoms with E-state index in [9.17, 15) is 0 Å². The number of nitrogens with one attached hydrogen (secondary N) is 1. The third-order valence-electron chi connectivity index (χ3n) is 3.23. The Labute approximate surface area is 94.5 Å². The molecule has 0 aromatic carbocycles. The van der Waals surface area contributed by atoms with Crippen LogP contribution in [0.2, 0.25) is 0 Å². The van der Waals surface area contributed by atoms with Crippen molar-refractivity contribution in [3.8, 4) is 11.4 Å². The Hall–Kier alpha value is -1.55. The Balaban J connectivity index is 2.15. The number of aromatic amines is 1. The summed E-state index contributed by atoms with van der Waals surface area (Å²) in [6.07, 6.45) is 5.54. The fraction of sp³-hybridized carbons (Fsp3) is 0.417. The Morgan fingerprint density at radius 3 is 3.12 bits per heavy atom. The first-order valence-corrected chi connectivity index (χ1v) is 5.82. The van der Waals surface area contributed by atoms with Crippen LogP contribution in [0.3, 0.4) is 0 Å². The summed E-state index contributed by atoms with van der Waals surface area (Å²) in [5, 5.41) is 0. The number of fused-ring (bicyclic) bond motifs is 1. The zero-order valence-corrected chi connectivity index (χ0v) is 9.24. The molecule has 0 saturated heterocycles. The van der Waals surface area contributed by atoms with Crippen molar-refractivity contribution < 1.29 is 0 Å². The molecule has 1 aliphatic heterocycles. The van der Waals surface area contributed by atoms with E-state index in [1.54, 1.807) is 0 Å². The molecule has 0 amide bonds. The molecule has 84 valence electrons. The van der Waals surface area contributed by atoms with Crippen molar-refractivity contribution >= 4 is 0 Å². The molecule has 2 aromatic rings. The molecule has 16 heavy (non-hydrogen) atoms. The Bertz CT molecular complexity index is 481. The van der Waals surface area contributed by atoms with Crippen LogP contribution < -0.4 is 5.73 Å². The minimum Gasteiger partial charge on any atom is -0.360 e. The van der Waals surface area contributed by atoms with E-state index in [1.165, 1.54) is 18.5 Å². The summed E-state index contributed by atoms with van der Waals surface area (Å²) < 4.78 is 2.29. The molecule has 0 saturated carbocycles. The summed E-state index contributed by atoms with van der Waals surface area (Å²) in [4.78, 5) is 7.88. The van der Waals surface area contributed by atoms with Gasteiger partial charge in [0.2, 0.25) is 0 Å². The predicted molar refractivity (Wildman–Crippen MR) is 62.8 cm³/mol. The molecule has 4 heteroatoms. The number of aromatic nitrogens is 3. The molecular weight excluding hydrogens is 200 g/mol. The van der Waals surface area contributed by atoms with Gasteiger partial charge in [0.1, 0.15) is 11.5 Å². The second kappa shape index (κ2) is 3.79. The van der Waals surface area contributed by atoms with Gasteiger partial charge in [0.05, 0.1) is 12.2 Å². The van der Waals surface area contributed by atoms with Gasteiger partial charge in [0.25, 0.3) is 0 Å². The van der Waals surface area contributed by atoms with E-state index < -0.39 is 0 Å². The molecule has 0 bridgehead atoms. The van der Waals surface area contributed by atoms with Crippen molar-refractivity contribution in [3.63, 3.8) is 0 Å². The van der Waals surface area contributed by atoms with Gasteiger partial charge in [-0.25, -0.2) is 4.98 Å². The fourth-order valence-corrected chi connectivity index (χ4v) is 2.47. The number of hydrogen-bond acceptors (Lipinski definition) is 2. The number of nitrogens with zero attached hydrogens (tertiary/aromatic N) is 2. The van der Waals surface area contributed by atoms with E-state index in [0.29, 0.717) is 6.54 Å². The summed E-state index contributed by atoms with van der Waals surface area (Å²) in [6.45, 7) is 1.59. The molecule has 4 nitrogen and oxygen atoms in total. The van der Waals surface area contributed by atoms with Crippen molar-refractivity contribution in [2.45, 2.75) is 32.4 Å². The average molecular weight is 216 g/mol. The summed E-state index contributed by atoms with van der Waals surface area (Å²) in [7, 11) is 0. The van der Waals surface area contributed by atoms with Crippen LogP contribution in [0.1, 0.15) is 24.4 Å². The van der Waals surface area contributed by atoms with Gasteiger partial charge >= 0.3 is 0 Å². The van der Waals surface area contributed by atoms with Crippen LogP contribution in [0.25, 0.3) is 11.4 Å². The molecule has 2 aromatic heterocycles. The normalized spacial score (nSPS) is 15.1. The molecule has 1 aliphatic rings. The van der Waals surface area contributed by atoms with Gasteiger partial charge in [0, 0.05) is 18.4 Å². The van der Waals surface area contributed by atoms with Crippen LogP contribution in [0.5, 0.6) is 0 Å². The standard InChI is InChI=1S/C12H16N4/c13-8-11-15-12(9-4-3-6-14-9)10-5-1-2-7-16(10)11/h3-4,6,14H,1-2,5,7-8,13H2. The number of H-pyrrole nitrogens is 1. The van der Waals surface area contributed by atoms with Crippen LogP contribution in [-0.2, 0) is 19.5 Å². The minimum absolute atomic E-state index is 0.522. The first-order chi connectivity index (χ1) is 7.90. The molecule has 3 N–H and O–H groups in total. The van der Waals surface area contributed by atoms with Crippen LogP contribution in [0, 0.1) is 0 Å². The van der Waals surface area contributed by atoms with Crippen molar-refractivity contribution in [1.82, 2.24) is 14.5 Å². The lowest BCUT2D eigenvalue weighted by Gasteiger charge is -2.16. The SMILES string of the molecule is NCc1nc(-c2ccc[nH]2)c2n1CCCC2. The summed E-state index contributed by atoms with van der Waals surface area (Å²) in [6, 6.07) is 4.07. The maximum absolute atomic E-state index is 5.75. The molecule has 0 unspecified atom stereocenters. The molecular formula is C12H16N4. The number of nitrogens with two attached hydrogens (primary N) is 1. The minimum atomic E-state index is 0.522. The van der Waals surface area contributed by atoms with Gasteiger partial charge < -0.3 is 15.3 Å². The lowest BCUT2D eigenvalue weighted by Crippen LogP contribution is -2.15. The summed E-state index contributed by atoms with van der Waals surface area (Å²) in [5.41, 5.74) is 9.28. The van der Waals surface area contributed by atoms with Crippen molar-refractivity contribution in [2.24, 2.45) is 5.73 Å². The van der Waals surface area contributed by atoms with E-state index in [-0.39, 0.29) is 0 Å². The third kappa shape index (κ3) is 1.38. The average Bonchev–Trinajstić information content (AvgIpc) is 2.95. The maximum atomic E-state index is 5.75. The van der Waals surface area contributed by atoms with E-state index >= 15 is 0 Å². The Kier molecular flexibility index (Phi) is 2.29. The largest absolute Gasteiger partial charge is 0.360 e. The second-order valence-electron chi connectivity index (χ2n) is 4.22. The summed E-state index contributed by atoms with van der Waals surface area (Å²) >= 11 is 0. The van der Waals surface area contributed by atoms with E-state index in [4.69, 9.17) is 5.73 Å². The highest BCUT2D eigenvalue weighted by Crippen LogP contribution is 2.27. The number of rotatable bonds is 2. The topological polar surface area (TPSA) is 59.6 Å². The monoisotopic (exact) mass is 216 g/mol. The van der Waals surface area contributed by atoms with Crippen LogP contribution in [-0.4, -0.2) is 14.5 Å². The first kappa shape index (κ1) is 9.66. The van der Waals surface area contributed by atoms with Crippen molar-refractivity contribution in [2.75, 3.05) is 0 Å². The molecule has 0 atom stereocenters. The van der Waals surface area contributed by atoms with Gasteiger partial charge in [-0.1, -0.05) is 0 Å². The van der Waals surface area contributed by atoms with Gasteiger partial charge in [-0.15, -0.1) is 0 Å².